The van der Waals surface area contributed by atoms with Crippen molar-refractivity contribution in [2.75, 3.05) is 52.6 Å². The van der Waals surface area contributed by atoms with Crippen LogP contribution in [0.3, 0.4) is 0 Å². The van der Waals surface area contributed by atoms with Crippen LogP contribution in [-0.2, 0) is 23.7 Å². The molecule has 9 heteroatoms. The molecule has 24 heavy (non-hydrogen) atoms. The summed E-state index contributed by atoms with van der Waals surface area (Å²) in [6.07, 6.45) is -3.77. The van der Waals surface area contributed by atoms with Crippen LogP contribution in [-0.4, -0.2) is 104 Å². The zero-order valence-electron chi connectivity index (χ0n) is 13.6. The lowest BCUT2D eigenvalue weighted by Gasteiger charge is -2.41. The van der Waals surface area contributed by atoms with Crippen LogP contribution < -0.4 is 5.32 Å². The molecule has 0 aromatic rings. The van der Waals surface area contributed by atoms with E-state index in [1.165, 1.54) is 0 Å². The molecule has 0 radical (unpaired) electrons. The van der Waals surface area contributed by atoms with E-state index in [2.05, 4.69) is 5.32 Å². The minimum absolute atomic E-state index is 0.118. The summed E-state index contributed by atoms with van der Waals surface area (Å²) >= 11 is 0. The summed E-state index contributed by atoms with van der Waals surface area (Å²) in [6, 6.07) is 0. The number of ether oxygens (including phenoxy) is 4. The normalized spacial score (nSPS) is 38.2. The molecular formula is C15H26N2O7. The molecule has 5 atom stereocenters. The Morgan fingerprint density at radius 2 is 1.83 bits per heavy atom. The smallest absolute Gasteiger partial charge is 0.234 e. The van der Waals surface area contributed by atoms with Crippen LogP contribution >= 0.6 is 0 Å². The second kappa shape index (κ2) is 8.52. The van der Waals surface area contributed by atoms with Crippen molar-refractivity contribution >= 4 is 5.91 Å². The van der Waals surface area contributed by atoms with Gasteiger partial charge in [0.15, 0.2) is 6.29 Å². The Labute approximate surface area is 140 Å². The van der Waals surface area contributed by atoms with Crippen molar-refractivity contribution in [1.29, 1.82) is 0 Å². The summed E-state index contributed by atoms with van der Waals surface area (Å²) in [4.78, 5) is 14.1. The van der Waals surface area contributed by atoms with E-state index in [0.29, 0.717) is 39.4 Å². The van der Waals surface area contributed by atoms with Gasteiger partial charge >= 0.3 is 0 Å². The quantitative estimate of drug-likeness (QED) is 0.521. The van der Waals surface area contributed by atoms with Crippen molar-refractivity contribution in [1.82, 2.24) is 10.2 Å². The number of hydrogen-bond donors (Lipinski definition) is 3. The van der Waals surface area contributed by atoms with Gasteiger partial charge in [-0.3, -0.25) is 9.69 Å². The van der Waals surface area contributed by atoms with Gasteiger partial charge in [-0.05, 0) is 6.42 Å². The molecule has 5 unspecified atom stereocenters. The van der Waals surface area contributed by atoms with Crippen molar-refractivity contribution in [2.45, 2.75) is 37.1 Å². The first kappa shape index (κ1) is 18.0. The third-order valence-electron chi connectivity index (χ3n) is 4.49. The summed E-state index contributed by atoms with van der Waals surface area (Å²) in [7, 11) is 0. The number of aliphatic hydroxyl groups is 2. The largest absolute Gasteiger partial charge is 0.387 e. The van der Waals surface area contributed by atoms with Gasteiger partial charge < -0.3 is 34.5 Å². The summed E-state index contributed by atoms with van der Waals surface area (Å²) < 4.78 is 22.0. The highest BCUT2D eigenvalue weighted by Crippen LogP contribution is 2.25. The molecule has 2 bridgehead atoms. The molecule has 0 aromatic heterocycles. The Morgan fingerprint density at radius 3 is 2.62 bits per heavy atom. The summed E-state index contributed by atoms with van der Waals surface area (Å²) in [5, 5.41) is 23.1. The second-order valence-electron chi connectivity index (χ2n) is 6.28. The number of carbonyl (C=O) groups is 1. The number of carbonyl (C=O) groups excluding carboxylic acids is 1. The van der Waals surface area contributed by atoms with E-state index in [1.807, 2.05) is 4.90 Å². The maximum Gasteiger partial charge on any atom is 0.234 e. The fourth-order valence-electron chi connectivity index (χ4n) is 3.12. The average molecular weight is 346 g/mol. The molecule has 4 aliphatic rings. The molecule has 1 amide bonds. The molecule has 4 heterocycles. The number of morpholine rings is 1. The highest BCUT2D eigenvalue weighted by molar-refractivity contribution is 5.78. The zero-order valence-corrected chi connectivity index (χ0v) is 13.6. The predicted molar refractivity (Wildman–Crippen MR) is 81.3 cm³/mol. The highest BCUT2D eigenvalue weighted by Gasteiger charge is 2.46. The van der Waals surface area contributed by atoms with Gasteiger partial charge in [0.25, 0.3) is 0 Å². The highest BCUT2D eigenvalue weighted by atomic mass is 16.7. The van der Waals surface area contributed by atoms with E-state index in [4.69, 9.17) is 18.9 Å². The van der Waals surface area contributed by atoms with Crippen molar-refractivity contribution < 1.29 is 34.0 Å². The third kappa shape index (κ3) is 4.42. The van der Waals surface area contributed by atoms with Crippen LogP contribution in [0.4, 0.5) is 0 Å². The molecule has 138 valence electrons. The monoisotopic (exact) mass is 346 g/mol. The Balaban J connectivity index is 1.52. The van der Waals surface area contributed by atoms with Crippen LogP contribution in [0, 0.1) is 0 Å². The van der Waals surface area contributed by atoms with Crippen molar-refractivity contribution in [3.8, 4) is 0 Å². The van der Waals surface area contributed by atoms with Gasteiger partial charge in [-0.25, -0.2) is 0 Å². The molecular weight excluding hydrogens is 320 g/mol. The summed E-state index contributed by atoms with van der Waals surface area (Å²) in [6.45, 7) is 4.03. The maximum atomic E-state index is 12.1. The first-order chi connectivity index (χ1) is 11.6. The van der Waals surface area contributed by atoms with Crippen LogP contribution in [0.5, 0.6) is 0 Å². The fourth-order valence-corrected chi connectivity index (χ4v) is 3.12. The van der Waals surface area contributed by atoms with E-state index in [-0.39, 0.29) is 12.5 Å². The van der Waals surface area contributed by atoms with Crippen molar-refractivity contribution in [3.63, 3.8) is 0 Å². The fraction of sp³-hybridized carbons (Fsp3) is 0.933. The lowest BCUT2D eigenvalue weighted by Crippen LogP contribution is -2.61. The Morgan fingerprint density at radius 1 is 1.08 bits per heavy atom. The minimum atomic E-state index is -1.16. The molecule has 0 aliphatic carbocycles. The number of nitrogens with one attached hydrogen (secondary N) is 1. The van der Waals surface area contributed by atoms with Gasteiger partial charge in [0.1, 0.15) is 24.4 Å². The van der Waals surface area contributed by atoms with Crippen LogP contribution in [0.2, 0.25) is 0 Å². The third-order valence-corrected chi connectivity index (χ3v) is 4.49. The first-order valence-electron chi connectivity index (χ1n) is 8.47. The van der Waals surface area contributed by atoms with E-state index in [1.54, 1.807) is 0 Å². The van der Waals surface area contributed by atoms with Gasteiger partial charge in [-0.1, -0.05) is 0 Å². The van der Waals surface area contributed by atoms with Crippen LogP contribution in [0.1, 0.15) is 6.42 Å². The standard InChI is InChI=1S/C15H26N2O7/c18-11(9-17-2-6-21-7-3-17)16-8-10-14-12(19)13(20)15(24-10)23-5-1-4-22-14/h10,12-15,19-20H,1-9H2,(H,16,18). The Kier molecular flexibility index (Phi) is 6.39. The second-order valence-corrected chi connectivity index (χ2v) is 6.28. The van der Waals surface area contributed by atoms with Gasteiger partial charge in [0.05, 0.1) is 26.4 Å². The van der Waals surface area contributed by atoms with Crippen LogP contribution in [0.15, 0.2) is 0 Å². The SMILES string of the molecule is O=C(CN1CCOCC1)NCC1OC2OCCCOC1C(O)C2O. The molecule has 4 rings (SSSR count). The van der Waals surface area contributed by atoms with Gasteiger partial charge in [0, 0.05) is 26.2 Å². The van der Waals surface area contributed by atoms with Gasteiger partial charge in [0.2, 0.25) is 5.91 Å². The summed E-state index contributed by atoms with van der Waals surface area (Å²) in [5.74, 6) is -0.118. The lowest BCUT2D eigenvalue weighted by atomic mass is 9.98. The molecule has 0 aromatic carbocycles. The molecule has 4 fully saturated rings. The van der Waals surface area contributed by atoms with Crippen LogP contribution in [0.25, 0.3) is 0 Å². The van der Waals surface area contributed by atoms with E-state index in [9.17, 15) is 15.0 Å². The Bertz CT molecular complexity index is 417. The number of amides is 1. The minimum Gasteiger partial charge on any atom is -0.387 e. The molecule has 0 spiro atoms. The number of rotatable bonds is 4. The summed E-state index contributed by atoms with van der Waals surface area (Å²) in [5.41, 5.74) is 0. The molecule has 4 saturated heterocycles. The van der Waals surface area contributed by atoms with E-state index in [0.717, 1.165) is 13.1 Å². The van der Waals surface area contributed by atoms with E-state index >= 15 is 0 Å². The number of nitrogens with zero attached hydrogens (tertiary/aromatic N) is 1. The number of fused-ring (bicyclic) bond motifs is 6. The van der Waals surface area contributed by atoms with Gasteiger partial charge in [-0.2, -0.15) is 0 Å². The van der Waals surface area contributed by atoms with Crippen molar-refractivity contribution in [2.24, 2.45) is 0 Å². The van der Waals surface area contributed by atoms with Gasteiger partial charge in [-0.15, -0.1) is 0 Å². The Hall–Kier alpha value is -0.810. The molecule has 4 aliphatic heterocycles. The number of hydrogen-bond acceptors (Lipinski definition) is 8. The maximum absolute atomic E-state index is 12.1. The average Bonchev–Trinajstić information content (AvgIpc) is 2.73. The topological polar surface area (TPSA) is 110 Å². The lowest BCUT2D eigenvalue weighted by molar-refractivity contribution is -0.292. The predicted octanol–water partition coefficient (Wildman–Crippen LogP) is -2.31. The zero-order chi connectivity index (χ0) is 16.9. The molecule has 3 N–H and O–H groups in total. The first-order valence-corrected chi connectivity index (χ1v) is 8.47. The van der Waals surface area contributed by atoms with Crippen molar-refractivity contribution in [3.05, 3.63) is 0 Å². The number of aliphatic hydroxyl groups excluding tert-OH is 2. The van der Waals surface area contributed by atoms with E-state index < -0.39 is 30.7 Å². The molecule has 0 saturated carbocycles. The molecule has 9 nitrogen and oxygen atoms in total.